The molecule has 1 atom stereocenters. The SMILES string of the molecule is CCCCOC(=O)N1CCN(C(=O)C(Cc2c(O)noc2C)NC(=O)OC(C)(C)C)CC1. The minimum Gasteiger partial charge on any atom is -0.491 e. The number of piperazine rings is 1. The van der Waals surface area contributed by atoms with E-state index in [0.29, 0.717) is 44.1 Å². The summed E-state index contributed by atoms with van der Waals surface area (Å²) in [5, 5.41) is 16.0. The Morgan fingerprint density at radius 3 is 2.34 bits per heavy atom. The van der Waals surface area contributed by atoms with E-state index in [1.807, 2.05) is 6.92 Å². The van der Waals surface area contributed by atoms with Gasteiger partial charge < -0.3 is 34.2 Å². The molecule has 1 aliphatic heterocycles. The predicted molar refractivity (Wildman–Crippen MR) is 114 cm³/mol. The topological polar surface area (TPSA) is 134 Å². The summed E-state index contributed by atoms with van der Waals surface area (Å²) >= 11 is 0. The maximum absolute atomic E-state index is 13.2. The molecule has 1 saturated heterocycles. The van der Waals surface area contributed by atoms with Gasteiger partial charge in [0.2, 0.25) is 5.91 Å². The second-order valence-electron chi connectivity index (χ2n) is 8.72. The molecular formula is C21H34N4O7. The molecule has 0 saturated carbocycles. The van der Waals surface area contributed by atoms with Gasteiger partial charge in [0.1, 0.15) is 17.4 Å². The van der Waals surface area contributed by atoms with E-state index in [-0.39, 0.29) is 24.3 Å². The largest absolute Gasteiger partial charge is 0.491 e. The molecule has 32 heavy (non-hydrogen) atoms. The molecular weight excluding hydrogens is 420 g/mol. The lowest BCUT2D eigenvalue weighted by atomic mass is 10.0. The van der Waals surface area contributed by atoms with Crippen LogP contribution in [0, 0.1) is 6.92 Å². The van der Waals surface area contributed by atoms with E-state index in [0.717, 1.165) is 12.8 Å². The first kappa shape index (κ1) is 25.3. The van der Waals surface area contributed by atoms with E-state index in [1.54, 1.807) is 37.5 Å². The highest BCUT2D eigenvalue weighted by Gasteiger charge is 2.33. The van der Waals surface area contributed by atoms with Crippen molar-refractivity contribution in [1.29, 1.82) is 0 Å². The molecule has 1 aromatic rings. The molecule has 1 unspecified atom stereocenters. The zero-order chi connectivity index (χ0) is 23.9. The van der Waals surface area contributed by atoms with Crippen LogP contribution >= 0.6 is 0 Å². The fourth-order valence-electron chi connectivity index (χ4n) is 3.19. The Morgan fingerprint density at radius 1 is 1.19 bits per heavy atom. The van der Waals surface area contributed by atoms with Crippen molar-refractivity contribution in [3.8, 4) is 5.88 Å². The minimum absolute atomic E-state index is 0.0154. The highest BCUT2D eigenvalue weighted by molar-refractivity contribution is 5.86. The van der Waals surface area contributed by atoms with Crippen LogP contribution in [0.3, 0.4) is 0 Å². The van der Waals surface area contributed by atoms with Crippen molar-refractivity contribution in [2.45, 2.75) is 65.5 Å². The lowest BCUT2D eigenvalue weighted by molar-refractivity contribution is -0.135. The van der Waals surface area contributed by atoms with E-state index in [1.165, 1.54) is 0 Å². The highest BCUT2D eigenvalue weighted by Crippen LogP contribution is 2.22. The molecule has 2 N–H and O–H groups in total. The lowest BCUT2D eigenvalue weighted by Gasteiger charge is -2.36. The van der Waals surface area contributed by atoms with Crippen molar-refractivity contribution < 1.29 is 33.5 Å². The van der Waals surface area contributed by atoms with Crippen LogP contribution in [-0.2, 0) is 20.7 Å². The summed E-state index contributed by atoms with van der Waals surface area (Å²) in [7, 11) is 0. The number of hydrogen-bond acceptors (Lipinski definition) is 8. The average molecular weight is 455 g/mol. The van der Waals surface area contributed by atoms with Gasteiger partial charge in [-0.1, -0.05) is 13.3 Å². The number of nitrogens with zero attached hydrogens (tertiary/aromatic N) is 3. The number of aromatic nitrogens is 1. The monoisotopic (exact) mass is 454 g/mol. The van der Waals surface area contributed by atoms with Crippen molar-refractivity contribution in [2.75, 3.05) is 32.8 Å². The van der Waals surface area contributed by atoms with Crippen LogP contribution in [0.15, 0.2) is 4.52 Å². The van der Waals surface area contributed by atoms with Gasteiger partial charge in [-0.3, -0.25) is 4.79 Å². The maximum Gasteiger partial charge on any atom is 0.409 e. The van der Waals surface area contributed by atoms with Crippen LogP contribution in [-0.4, -0.2) is 82.6 Å². The van der Waals surface area contributed by atoms with E-state index < -0.39 is 17.7 Å². The number of amides is 3. The van der Waals surface area contributed by atoms with Gasteiger partial charge in [0, 0.05) is 32.6 Å². The van der Waals surface area contributed by atoms with Gasteiger partial charge in [0.05, 0.1) is 12.2 Å². The fraction of sp³-hybridized carbons (Fsp3) is 0.714. The van der Waals surface area contributed by atoms with Gasteiger partial charge in [-0.05, 0) is 39.3 Å². The van der Waals surface area contributed by atoms with E-state index in [4.69, 9.17) is 14.0 Å². The predicted octanol–water partition coefficient (Wildman–Crippen LogP) is 2.21. The zero-order valence-corrected chi connectivity index (χ0v) is 19.5. The van der Waals surface area contributed by atoms with Gasteiger partial charge in [0.15, 0.2) is 0 Å². The number of aromatic hydroxyl groups is 1. The molecule has 0 aromatic carbocycles. The molecule has 11 nitrogen and oxygen atoms in total. The number of ether oxygens (including phenoxy) is 2. The normalized spacial score (nSPS) is 15.3. The molecule has 1 fully saturated rings. The molecule has 1 aromatic heterocycles. The summed E-state index contributed by atoms with van der Waals surface area (Å²) in [5.41, 5.74) is -0.408. The Kier molecular flexibility index (Phi) is 8.73. The number of aryl methyl sites for hydroxylation is 1. The first-order valence-corrected chi connectivity index (χ1v) is 10.9. The molecule has 11 heteroatoms. The number of rotatable bonds is 7. The summed E-state index contributed by atoms with van der Waals surface area (Å²) < 4.78 is 15.5. The van der Waals surface area contributed by atoms with Crippen molar-refractivity contribution >= 4 is 18.1 Å². The van der Waals surface area contributed by atoms with Crippen LogP contribution in [0.5, 0.6) is 5.88 Å². The molecule has 2 heterocycles. The molecule has 3 amide bonds. The molecule has 0 radical (unpaired) electrons. The zero-order valence-electron chi connectivity index (χ0n) is 19.5. The van der Waals surface area contributed by atoms with E-state index in [2.05, 4.69) is 10.5 Å². The lowest BCUT2D eigenvalue weighted by Crippen LogP contribution is -2.56. The Morgan fingerprint density at radius 2 is 1.81 bits per heavy atom. The third-order valence-corrected chi connectivity index (χ3v) is 4.93. The first-order valence-electron chi connectivity index (χ1n) is 10.9. The molecule has 2 rings (SSSR count). The smallest absolute Gasteiger partial charge is 0.409 e. The number of unbranched alkanes of at least 4 members (excludes halogenated alkanes) is 1. The molecule has 0 bridgehead atoms. The van der Waals surface area contributed by atoms with Gasteiger partial charge in [-0.2, -0.15) is 0 Å². The summed E-state index contributed by atoms with van der Waals surface area (Å²) in [5.74, 6) is -0.327. The maximum atomic E-state index is 13.2. The summed E-state index contributed by atoms with van der Waals surface area (Å²) in [6.07, 6.45) is 0.583. The molecule has 0 aliphatic carbocycles. The number of carbonyl (C=O) groups excluding carboxylic acids is 3. The van der Waals surface area contributed by atoms with E-state index >= 15 is 0 Å². The molecule has 180 valence electrons. The second-order valence-corrected chi connectivity index (χ2v) is 8.72. The molecule has 0 spiro atoms. The average Bonchev–Trinajstić information content (AvgIpc) is 3.03. The van der Waals surface area contributed by atoms with Gasteiger partial charge >= 0.3 is 12.2 Å². The Balaban J connectivity index is 2.04. The minimum atomic E-state index is -1.00. The first-order chi connectivity index (χ1) is 15.0. The van der Waals surface area contributed by atoms with Gasteiger partial charge in [-0.25, -0.2) is 9.59 Å². The number of alkyl carbamates (subject to hydrolysis) is 1. The third-order valence-electron chi connectivity index (χ3n) is 4.93. The third kappa shape index (κ3) is 7.31. The number of hydrogen-bond donors (Lipinski definition) is 2. The Labute approximate surface area is 188 Å². The standard InChI is InChI=1S/C21H34N4O7/c1-6-7-12-30-20(29)25-10-8-24(9-11-25)18(27)16(22-19(28)31-21(3,4)5)13-15-14(2)32-23-17(15)26/h16H,6-13H2,1-5H3,(H,22,28)(H,23,26). The number of nitrogens with one attached hydrogen (secondary N) is 1. The van der Waals surface area contributed by atoms with Crippen LogP contribution in [0.1, 0.15) is 51.9 Å². The van der Waals surface area contributed by atoms with Crippen molar-refractivity contribution in [2.24, 2.45) is 0 Å². The van der Waals surface area contributed by atoms with Crippen LogP contribution in [0.2, 0.25) is 0 Å². The summed E-state index contributed by atoms with van der Waals surface area (Å²) in [6, 6.07) is -1.00. The second kappa shape index (κ2) is 11.1. The fourth-order valence-corrected chi connectivity index (χ4v) is 3.19. The Bertz CT molecular complexity index is 775. The van der Waals surface area contributed by atoms with E-state index in [9.17, 15) is 19.5 Å². The van der Waals surface area contributed by atoms with Crippen LogP contribution in [0.25, 0.3) is 0 Å². The highest BCUT2D eigenvalue weighted by atomic mass is 16.6. The van der Waals surface area contributed by atoms with Crippen molar-refractivity contribution in [1.82, 2.24) is 20.3 Å². The summed E-state index contributed by atoms with van der Waals surface area (Å²) in [6.45, 7) is 10.4. The number of carbonyl (C=O) groups is 3. The van der Waals surface area contributed by atoms with Crippen LogP contribution < -0.4 is 5.32 Å². The van der Waals surface area contributed by atoms with Gasteiger partial charge in [0.25, 0.3) is 5.88 Å². The summed E-state index contributed by atoms with van der Waals surface area (Å²) in [4.78, 5) is 40.8. The van der Waals surface area contributed by atoms with Crippen LogP contribution in [0.4, 0.5) is 9.59 Å². The Hall–Kier alpha value is -2.98. The van der Waals surface area contributed by atoms with Gasteiger partial charge in [-0.15, -0.1) is 0 Å². The quantitative estimate of drug-likeness (QED) is 0.599. The van der Waals surface area contributed by atoms with Crippen molar-refractivity contribution in [3.05, 3.63) is 11.3 Å². The molecule has 1 aliphatic rings. The van der Waals surface area contributed by atoms with Crippen molar-refractivity contribution in [3.63, 3.8) is 0 Å².